The van der Waals surface area contributed by atoms with Crippen molar-refractivity contribution in [3.63, 3.8) is 0 Å². The number of carbonyl (C=O) groups is 2. The van der Waals surface area contributed by atoms with Crippen molar-refractivity contribution in [3.8, 4) is 0 Å². The molecule has 1 atom stereocenters. The molecule has 1 aromatic carbocycles. The molecule has 0 bridgehead atoms. The van der Waals surface area contributed by atoms with Crippen molar-refractivity contribution in [2.24, 2.45) is 11.1 Å². The van der Waals surface area contributed by atoms with Crippen LogP contribution in [0.3, 0.4) is 0 Å². The first kappa shape index (κ1) is 23.6. The van der Waals surface area contributed by atoms with E-state index in [-0.39, 0.29) is 16.3 Å². The average Bonchev–Trinajstić information content (AvgIpc) is 2.66. The second-order valence-electron chi connectivity index (χ2n) is 6.92. The second-order valence-corrected chi connectivity index (χ2v) is 10.1. The molecule has 1 aliphatic rings. The third-order valence-electron chi connectivity index (χ3n) is 4.46. The standard InChI is InChI=1S/C18H25N3O5S3/c1-12-6-8-21(9-7-12)18(27)28-11-16(22)26-13(2)17(23)20-14-4-3-5-15(10-14)29(19,24)25/h3-5,10,12-13H,6-9,11H2,1-2H3,(H,20,23)(H2,19,24,25). The molecular formula is C18H25N3O5S3. The monoisotopic (exact) mass is 459 g/mol. The number of hydrogen-bond acceptors (Lipinski definition) is 7. The summed E-state index contributed by atoms with van der Waals surface area (Å²) < 4.78 is 28.6. The number of likely N-dealkylation sites (tertiary alicyclic amines) is 1. The minimum absolute atomic E-state index is 0.0173. The van der Waals surface area contributed by atoms with Gasteiger partial charge in [0.2, 0.25) is 10.0 Å². The molecular weight excluding hydrogens is 434 g/mol. The van der Waals surface area contributed by atoms with E-state index in [1.54, 1.807) is 0 Å². The number of thiocarbonyl (C=S) groups is 1. The lowest BCUT2D eigenvalue weighted by molar-refractivity contribution is -0.150. The highest BCUT2D eigenvalue weighted by Crippen LogP contribution is 2.20. The van der Waals surface area contributed by atoms with Crippen LogP contribution in [0.1, 0.15) is 26.7 Å². The number of thioether (sulfide) groups is 1. The third kappa shape index (κ3) is 7.57. The molecule has 1 heterocycles. The van der Waals surface area contributed by atoms with Gasteiger partial charge in [0.15, 0.2) is 6.10 Å². The number of piperidine rings is 1. The smallest absolute Gasteiger partial charge is 0.317 e. The number of carbonyl (C=O) groups excluding carboxylic acids is 2. The number of nitrogens with zero attached hydrogens (tertiary/aromatic N) is 1. The van der Waals surface area contributed by atoms with Gasteiger partial charge in [-0.25, -0.2) is 13.6 Å². The number of benzene rings is 1. The highest BCUT2D eigenvalue weighted by atomic mass is 32.2. The summed E-state index contributed by atoms with van der Waals surface area (Å²) in [5.41, 5.74) is 0.235. The van der Waals surface area contributed by atoms with Crippen LogP contribution in [0, 0.1) is 5.92 Å². The number of esters is 1. The van der Waals surface area contributed by atoms with Crippen molar-refractivity contribution >= 4 is 55.9 Å². The number of hydrogen-bond donors (Lipinski definition) is 2. The molecule has 0 radical (unpaired) electrons. The van der Waals surface area contributed by atoms with Gasteiger partial charge >= 0.3 is 5.97 Å². The molecule has 0 aromatic heterocycles. The lowest BCUT2D eigenvalue weighted by atomic mass is 10.00. The first-order chi connectivity index (χ1) is 13.6. The first-order valence-electron chi connectivity index (χ1n) is 9.11. The number of nitrogens with one attached hydrogen (secondary N) is 1. The summed E-state index contributed by atoms with van der Waals surface area (Å²) >= 11 is 6.59. The van der Waals surface area contributed by atoms with Crippen LogP contribution in [0.2, 0.25) is 0 Å². The molecule has 1 saturated heterocycles. The fourth-order valence-electron chi connectivity index (χ4n) is 2.68. The number of nitrogens with two attached hydrogens (primary N) is 1. The normalized spacial score (nSPS) is 16.2. The quantitative estimate of drug-likeness (QED) is 0.489. The molecule has 3 N–H and O–H groups in total. The maximum absolute atomic E-state index is 12.2. The topological polar surface area (TPSA) is 119 Å². The van der Waals surface area contributed by atoms with E-state index in [0.29, 0.717) is 10.2 Å². The van der Waals surface area contributed by atoms with Crippen LogP contribution in [0.25, 0.3) is 0 Å². The Kier molecular flexibility index (Phi) is 8.44. The van der Waals surface area contributed by atoms with Crippen LogP contribution in [0.15, 0.2) is 29.2 Å². The van der Waals surface area contributed by atoms with E-state index in [4.69, 9.17) is 22.1 Å². The van der Waals surface area contributed by atoms with Gasteiger partial charge in [0.25, 0.3) is 5.91 Å². The van der Waals surface area contributed by atoms with Crippen molar-refractivity contribution < 1.29 is 22.7 Å². The van der Waals surface area contributed by atoms with Crippen molar-refractivity contribution in [2.75, 3.05) is 24.2 Å². The van der Waals surface area contributed by atoms with E-state index in [1.165, 1.54) is 43.0 Å². The molecule has 0 spiro atoms. The minimum atomic E-state index is -3.88. The molecule has 1 aromatic rings. The summed E-state index contributed by atoms with van der Waals surface area (Å²) in [7, 11) is -3.88. The molecule has 1 unspecified atom stereocenters. The average molecular weight is 460 g/mol. The highest BCUT2D eigenvalue weighted by Gasteiger charge is 2.21. The summed E-state index contributed by atoms with van der Waals surface area (Å²) in [4.78, 5) is 26.2. The van der Waals surface area contributed by atoms with Gasteiger partial charge in [-0.2, -0.15) is 0 Å². The number of amides is 1. The lowest BCUT2D eigenvalue weighted by Gasteiger charge is -2.31. The van der Waals surface area contributed by atoms with Gasteiger partial charge in [0.1, 0.15) is 4.32 Å². The molecule has 0 aliphatic carbocycles. The summed E-state index contributed by atoms with van der Waals surface area (Å²) in [5, 5.41) is 7.58. The second kappa shape index (κ2) is 10.4. The Balaban J connectivity index is 1.80. The molecule has 160 valence electrons. The largest absolute Gasteiger partial charge is 0.452 e. The zero-order valence-corrected chi connectivity index (χ0v) is 18.7. The minimum Gasteiger partial charge on any atom is -0.452 e. The first-order valence-corrected chi connectivity index (χ1v) is 12.0. The Morgan fingerprint density at radius 1 is 1.38 bits per heavy atom. The summed E-state index contributed by atoms with van der Waals surface area (Å²) in [6.45, 7) is 5.42. The summed E-state index contributed by atoms with van der Waals surface area (Å²) in [5.74, 6) is -0.427. The van der Waals surface area contributed by atoms with E-state index in [1.807, 2.05) is 0 Å². The lowest BCUT2D eigenvalue weighted by Crippen LogP contribution is -2.36. The van der Waals surface area contributed by atoms with Crippen LogP contribution in [0.4, 0.5) is 5.69 Å². The fraction of sp³-hybridized carbons (Fsp3) is 0.500. The van der Waals surface area contributed by atoms with Crippen molar-refractivity contribution in [1.82, 2.24) is 4.90 Å². The predicted octanol–water partition coefficient (Wildman–Crippen LogP) is 1.95. The molecule has 1 fully saturated rings. The van der Waals surface area contributed by atoms with Crippen molar-refractivity contribution in [3.05, 3.63) is 24.3 Å². The van der Waals surface area contributed by atoms with Crippen LogP contribution >= 0.6 is 24.0 Å². The Labute approximate surface area is 180 Å². The predicted molar refractivity (Wildman–Crippen MR) is 117 cm³/mol. The van der Waals surface area contributed by atoms with Gasteiger partial charge in [-0.15, -0.1) is 0 Å². The fourth-order valence-corrected chi connectivity index (χ4v) is 4.28. The van der Waals surface area contributed by atoms with Gasteiger partial charge in [0, 0.05) is 18.8 Å². The Bertz CT molecular complexity index is 867. The number of anilines is 1. The van der Waals surface area contributed by atoms with E-state index in [9.17, 15) is 18.0 Å². The molecule has 29 heavy (non-hydrogen) atoms. The zero-order chi connectivity index (χ0) is 21.6. The molecule has 1 amide bonds. The third-order valence-corrected chi connectivity index (χ3v) is 6.87. The molecule has 1 aliphatic heterocycles. The van der Waals surface area contributed by atoms with E-state index in [2.05, 4.69) is 17.1 Å². The molecule has 11 heteroatoms. The Morgan fingerprint density at radius 2 is 2.03 bits per heavy atom. The van der Waals surface area contributed by atoms with Gasteiger partial charge in [-0.05, 0) is 43.9 Å². The number of primary sulfonamides is 1. The van der Waals surface area contributed by atoms with Crippen LogP contribution in [-0.4, -0.2) is 54.5 Å². The van der Waals surface area contributed by atoms with Gasteiger partial charge in [-0.1, -0.05) is 37.0 Å². The zero-order valence-electron chi connectivity index (χ0n) is 16.3. The van der Waals surface area contributed by atoms with Crippen LogP contribution in [-0.2, 0) is 24.3 Å². The number of ether oxygens (including phenoxy) is 1. The van der Waals surface area contributed by atoms with Crippen molar-refractivity contribution in [1.29, 1.82) is 0 Å². The SMILES string of the molecule is CC1CCN(C(=S)SCC(=O)OC(C)C(=O)Nc2cccc(S(N)(=O)=O)c2)CC1. The Morgan fingerprint density at radius 3 is 2.66 bits per heavy atom. The van der Waals surface area contributed by atoms with E-state index < -0.39 is 28.0 Å². The highest BCUT2D eigenvalue weighted by molar-refractivity contribution is 8.23. The van der Waals surface area contributed by atoms with E-state index >= 15 is 0 Å². The van der Waals surface area contributed by atoms with Crippen LogP contribution < -0.4 is 10.5 Å². The van der Waals surface area contributed by atoms with Gasteiger partial charge in [-0.3, -0.25) is 9.59 Å². The van der Waals surface area contributed by atoms with E-state index in [0.717, 1.165) is 25.9 Å². The number of rotatable bonds is 6. The van der Waals surface area contributed by atoms with Gasteiger partial charge in [0.05, 0.1) is 10.6 Å². The molecule has 0 saturated carbocycles. The Hall–Kier alpha value is -1.69. The van der Waals surface area contributed by atoms with Gasteiger partial charge < -0.3 is 15.0 Å². The van der Waals surface area contributed by atoms with Crippen LogP contribution in [0.5, 0.6) is 0 Å². The molecule has 2 rings (SSSR count). The summed E-state index contributed by atoms with van der Waals surface area (Å²) in [6.07, 6.45) is 1.11. The van der Waals surface area contributed by atoms with Crippen molar-refractivity contribution in [2.45, 2.75) is 37.7 Å². The maximum atomic E-state index is 12.2. The number of sulfonamides is 1. The molecule has 8 nitrogen and oxygen atoms in total. The summed E-state index contributed by atoms with van der Waals surface area (Å²) in [6, 6.07) is 5.51. The maximum Gasteiger partial charge on any atom is 0.317 e.